The Hall–Kier alpha value is -1.20. The van der Waals surface area contributed by atoms with E-state index >= 15 is 0 Å². The quantitative estimate of drug-likeness (QED) is 0.933. The number of anilines is 1. The molecule has 18 heavy (non-hydrogen) atoms. The maximum Gasteiger partial charge on any atom is 0.223 e. The number of aromatic nitrogens is 1. The molecule has 1 heterocycles. The zero-order valence-corrected chi connectivity index (χ0v) is 12.6. The highest BCUT2D eigenvalue weighted by atomic mass is 79.9. The van der Waals surface area contributed by atoms with Crippen molar-refractivity contribution in [1.82, 2.24) is 4.98 Å². The van der Waals surface area contributed by atoms with E-state index in [1.165, 1.54) is 28.7 Å². The SMILES string of the molecule is CC(=O)Nc1nc(C)c(Cc2cccc(Br)c2)s1. The number of carbonyl (C=O) groups excluding carboxylic acids is 1. The molecule has 5 heteroatoms. The van der Waals surface area contributed by atoms with Crippen molar-refractivity contribution in [3.8, 4) is 0 Å². The lowest BCUT2D eigenvalue weighted by atomic mass is 10.1. The van der Waals surface area contributed by atoms with Crippen molar-refractivity contribution >= 4 is 38.3 Å². The number of carbonyl (C=O) groups is 1. The van der Waals surface area contributed by atoms with Gasteiger partial charge >= 0.3 is 0 Å². The molecule has 3 nitrogen and oxygen atoms in total. The fraction of sp³-hybridized carbons (Fsp3) is 0.231. The lowest BCUT2D eigenvalue weighted by molar-refractivity contribution is -0.114. The van der Waals surface area contributed by atoms with Gasteiger partial charge in [0.1, 0.15) is 0 Å². The van der Waals surface area contributed by atoms with Crippen LogP contribution in [-0.4, -0.2) is 10.9 Å². The molecule has 0 atom stereocenters. The third-order valence-corrected chi connectivity index (χ3v) is 4.00. The van der Waals surface area contributed by atoms with E-state index in [9.17, 15) is 4.79 Å². The van der Waals surface area contributed by atoms with Crippen molar-refractivity contribution in [3.63, 3.8) is 0 Å². The molecule has 0 bridgehead atoms. The predicted octanol–water partition coefficient (Wildman–Crippen LogP) is 3.76. The second kappa shape index (κ2) is 5.63. The zero-order valence-electron chi connectivity index (χ0n) is 10.2. The molecule has 0 saturated carbocycles. The van der Waals surface area contributed by atoms with Crippen LogP contribution in [-0.2, 0) is 11.2 Å². The average Bonchev–Trinajstić information content (AvgIpc) is 2.58. The number of thiazole rings is 1. The Morgan fingerprint density at radius 3 is 2.94 bits per heavy atom. The molecule has 1 amide bonds. The molecule has 1 aromatic carbocycles. The Balaban J connectivity index is 2.19. The molecule has 0 saturated heterocycles. The lowest BCUT2D eigenvalue weighted by Crippen LogP contribution is -2.04. The molecular weight excluding hydrogens is 312 g/mol. The van der Waals surface area contributed by atoms with E-state index in [0.717, 1.165) is 16.6 Å². The van der Waals surface area contributed by atoms with Crippen molar-refractivity contribution in [2.45, 2.75) is 20.3 Å². The van der Waals surface area contributed by atoms with Crippen molar-refractivity contribution < 1.29 is 4.79 Å². The van der Waals surface area contributed by atoms with Crippen LogP contribution in [0.15, 0.2) is 28.7 Å². The molecule has 2 rings (SSSR count). The van der Waals surface area contributed by atoms with Crippen LogP contribution < -0.4 is 5.32 Å². The fourth-order valence-corrected chi connectivity index (χ4v) is 3.12. The molecule has 0 radical (unpaired) electrons. The largest absolute Gasteiger partial charge is 0.302 e. The van der Waals surface area contributed by atoms with Crippen molar-refractivity contribution in [3.05, 3.63) is 44.9 Å². The Labute approximate surface area is 118 Å². The average molecular weight is 325 g/mol. The number of amides is 1. The number of nitrogens with zero attached hydrogens (tertiary/aromatic N) is 1. The second-order valence-corrected chi connectivity index (χ2v) is 6.01. The standard InChI is InChI=1S/C13H13BrN2OS/c1-8-12(18-13(15-8)16-9(2)17)7-10-4-3-5-11(14)6-10/h3-6H,7H2,1-2H3,(H,15,16,17). The normalized spacial score (nSPS) is 10.4. The van der Waals surface area contributed by atoms with Crippen LogP contribution in [0.2, 0.25) is 0 Å². The Kier molecular flexibility index (Phi) is 4.14. The van der Waals surface area contributed by atoms with Crippen molar-refractivity contribution in [2.24, 2.45) is 0 Å². The van der Waals surface area contributed by atoms with Gasteiger partial charge in [0.2, 0.25) is 5.91 Å². The molecule has 0 aliphatic carbocycles. The number of benzene rings is 1. The molecule has 0 unspecified atom stereocenters. The third kappa shape index (κ3) is 3.40. The molecule has 1 aromatic heterocycles. The van der Waals surface area contributed by atoms with E-state index in [0.29, 0.717) is 5.13 Å². The maximum atomic E-state index is 11.0. The molecular formula is C13H13BrN2OS. The summed E-state index contributed by atoms with van der Waals surface area (Å²) >= 11 is 4.99. The Morgan fingerprint density at radius 2 is 2.28 bits per heavy atom. The lowest BCUT2D eigenvalue weighted by Gasteiger charge is -2.00. The maximum absolute atomic E-state index is 11.0. The summed E-state index contributed by atoms with van der Waals surface area (Å²) in [5, 5.41) is 3.39. The highest BCUT2D eigenvalue weighted by Crippen LogP contribution is 2.26. The molecule has 1 N–H and O–H groups in total. The highest BCUT2D eigenvalue weighted by Gasteiger charge is 2.09. The second-order valence-electron chi connectivity index (χ2n) is 4.02. The summed E-state index contributed by atoms with van der Waals surface area (Å²) in [6.45, 7) is 3.46. The first-order valence-corrected chi connectivity index (χ1v) is 7.14. The van der Waals surface area contributed by atoms with Crippen molar-refractivity contribution in [1.29, 1.82) is 0 Å². The summed E-state index contributed by atoms with van der Waals surface area (Å²) in [6.07, 6.45) is 0.836. The minimum absolute atomic E-state index is 0.0854. The van der Waals surface area contributed by atoms with Crippen LogP contribution in [0.1, 0.15) is 23.1 Å². The predicted molar refractivity (Wildman–Crippen MR) is 78.1 cm³/mol. The van der Waals surface area contributed by atoms with Gasteiger partial charge in [-0.2, -0.15) is 0 Å². The van der Waals surface area contributed by atoms with Crippen LogP contribution >= 0.6 is 27.3 Å². The molecule has 0 fully saturated rings. The highest BCUT2D eigenvalue weighted by molar-refractivity contribution is 9.10. The van der Waals surface area contributed by atoms with E-state index in [4.69, 9.17) is 0 Å². The number of hydrogen-bond acceptors (Lipinski definition) is 3. The first-order chi connectivity index (χ1) is 8.54. The summed E-state index contributed by atoms with van der Waals surface area (Å²) in [5.74, 6) is -0.0854. The van der Waals surface area contributed by atoms with Gasteiger partial charge in [-0.15, -0.1) is 11.3 Å². The molecule has 2 aromatic rings. The summed E-state index contributed by atoms with van der Waals surface area (Å²) in [7, 11) is 0. The van der Waals surface area contributed by atoms with Crippen LogP contribution in [0.4, 0.5) is 5.13 Å². The van der Waals surface area contributed by atoms with Gasteiger partial charge in [0, 0.05) is 22.7 Å². The molecule has 94 valence electrons. The van der Waals surface area contributed by atoms with Gasteiger partial charge in [-0.05, 0) is 24.6 Å². The summed E-state index contributed by atoms with van der Waals surface area (Å²) in [6, 6.07) is 8.20. The first-order valence-electron chi connectivity index (χ1n) is 5.53. The van der Waals surface area contributed by atoms with Gasteiger partial charge in [0.05, 0.1) is 5.69 Å². The van der Waals surface area contributed by atoms with Gasteiger partial charge in [-0.25, -0.2) is 4.98 Å². The summed E-state index contributed by atoms with van der Waals surface area (Å²) in [5.41, 5.74) is 2.20. The summed E-state index contributed by atoms with van der Waals surface area (Å²) < 4.78 is 1.07. The molecule has 0 aliphatic heterocycles. The molecule has 0 aliphatic rings. The first kappa shape index (κ1) is 13.2. The minimum atomic E-state index is -0.0854. The van der Waals surface area contributed by atoms with Crippen LogP contribution in [0.25, 0.3) is 0 Å². The van der Waals surface area contributed by atoms with Crippen LogP contribution in [0.3, 0.4) is 0 Å². The number of aryl methyl sites for hydroxylation is 1. The number of halogens is 1. The Bertz CT molecular complexity index is 580. The fourth-order valence-electron chi connectivity index (χ4n) is 1.63. The van der Waals surface area contributed by atoms with E-state index in [1.54, 1.807) is 0 Å². The smallest absolute Gasteiger partial charge is 0.223 e. The Morgan fingerprint density at radius 1 is 1.50 bits per heavy atom. The van der Waals surface area contributed by atoms with Gasteiger partial charge in [-0.3, -0.25) is 4.79 Å². The van der Waals surface area contributed by atoms with E-state index in [2.05, 4.69) is 38.4 Å². The van der Waals surface area contributed by atoms with Crippen LogP contribution in [0.5, 0.6) is 0 Å². The van der Waals surface area contributed by atoms with E-state index in [-0.39, 0.29) is 5.91 Å². The minimum Gasteiger partial charge on any atom is -0.302 e. The topological polar surface area (TPSA) is 42.0 Å². The monoisotopic (exact) mass is 324 g/mol. The van der Waals surface area contributed by atoms with Gasteiger partial charge < -0.3 is 5.32 Å². The van der Waals surface area contributed by atoms with E-state index < -0.39 is 0 Å². The summed E-state index contributed by atoms with van der Waals surface area (Å²) in [4.78, 5) is 16.5. The number of rotatable bonds is 3. The van der Waals surface area contributed by atoms with Gasteiger partial charge in [0.25, 0.3) is 0 Å². The number of nitrogens with one attached hydrogen (secondary N) is 1. The molecule has 0 spiro atoms. The number of hydrogen-bond donors (Lipinski definition) is 1. The van der Waals surface area contributed by atoms with Crippen molar-refractivity contribution in [2.75, 3.05) is 5.32 Å². The van der Waals surface area contributed by atoms with Crippen LogP contribution in [0, 0.1) is 6.92 Å². The zero-order chi connectivity index (χ0) is 13.1. The van der Waals surface area contributed by atoms with E-state index in [1.807, 2.05) is 19.1 Å². The van der Waals surface area contributed by atoms with Gasteiger partial charge in [-0.1, -0.05) is 28.1 Å². The third-order valence-electron chi connectivity index (χ3n) is 2.43. The van der Waals surface area contributed by atoms with Gasteiger partial charge in [0.15, 0.2) is 5.13 Å².